The number of nitrogens with one attached hydrogen (secondary N) is 2. The van der Waals surface area contributed by atoms with Gasteiger partial charge in [0.15, 0.2) is 0 Å². The number of benzene rings is 1. The minimum Gasteiger partial charge on any atom is -0.478 e. The number of amides is 1. The van der Waals surface area contributed by atoms with E-state index < -0.39 is 31.3 Å². The second-order valence-electron chi connectivity index (χ2n) is 5.27. The van der Waals surface area contributed by atoms with Crippen LogP contribution in [0.5, 0.6) is 0 Å². The molecule has 0 aliphatic carbocycles. The standard InChI is InChI=1S/C16H15Cl6FN2O2/c17-15(18,19)13(24)27-8-4-7-11(23)12(25-14(26)16(20,21)22)9-10-5-2-1-3-6-10/h1-3,5-7,12,24H,4,8-9H2,(H,25,26)/b11-7-,24-13?. The Morgan fingerprint density at radius 2 is 1.74 bits per heavy atom. The van der Waals surface area contributed by atoms with E-state index in [9.17, 15) is 9.18 Å². The number of carbonyl (C=O) groups is 1. The van der Waals surface area contributed by atoms with Gasteiger partial charge in [0.2, 0.25) is 5.90 Å². The van der Waals surface area contributed by atoms with Gasteiger partial charge in [-0.1, -0.05) is 99.9 Å². The fourth-order valence-electron chi connectivity index (χ4n) is 1.89. The van der Waals surface area contributed by atoms with E-state index in [0.29, 0.717) is 0 Å². The molecule has 0 saturated heterocycles. The van der Waals surface area contributed by atoms with E-state index in [0.717, 1.165) is 5.56 Å². The van der Waals surface area contributed by atoms with Crippen LogP contribution >= 0.6 is 69.6 Å². The number of hydrogen-bond acceptors (Lipinski definition) is 3. The molecule has 0 aromatic heterocycles. The molecular weight excluding hydrogens is 484 g/mol. The highest BCUT2D eigenvalue weighted by Crippen LogP contribution is 2.28. The molecule has 1 unspecified atom stereocenters. The first-order chi connectivity index (χ1) is 12.4. The van der Waals surface area contributed by atoms with Gasteiger partial charge in [-0.05, 0) is 18.1 Å². The fourth-order valence-corrected chi connectivity index (χ4v) is 2.22. The molecule has 27 heavy (non-hydrogen) atoms. The molecule has 0 heterocycles. The van der Waals surface area contributed by atoms with E-state index in [4.69, 9.17) is 79.8 Å². The third kappa shape index (κ3) is 9.55. The zero-order chi connectivity index (χ0) is 20.7. The molecule has 0 fully saturated rings. The second kappa shape index (κ2) is 10.9. The molecule has 0 aliphatic rings. The first-order valence-electron chi connectivity index (χ1n) is 7.47. The summed E-state index contributed by atoms with van der Waals surface area (Å²) in [6.07, 6.45) is 1.38. The Balaban J connectivity index is 2.78. The van der Waals surface area contributed by atoms with Gasteiger partial charge in [0, 0.05) is 6.42 Å². The van der Waals surface area contributed by atoms with Crippen LogP contribution in [0.1, 0.15) is 12.0 Å². The van der Waals surface area contributed by atoms with Gasteiger partial charge in [0.1, 0.15) is 5.83 Å². The van der Waals surface area contributed by atoms with Crippen molar-refractivity contribution in [2.24, 2.45) is 0 Å². The predicted molar refractivity (Wildman–Crippen MR) is 110 cm³/mol. The lowest BCUT2D eigenvalue weighted by Gasteiger charge is -2.20. The van der Waals surface area contributed by atoms with Crippen LogP contribution in [0, 0.1) is 5.41 Å². The summed E-state index contributed by atoms with van der Waals surface area (Å²) in [5.41, 5.74) is 0.768. The maximum atomic E-state index is 14.6. The molecule has 4 nitrogen and oxygen atoms in total. The first-order valence-corrected chi connectivity index (χ1v) is 9.73. The number of hydrogen-bond donors (Lipinski definition) is 2. The van der Waals surface area contributed by atoms with Crippen LogP contribution in [0.25, 0.3) is 0 Å². The van der Waals surface area contributed by atoms with Crippen LogP contribution < -0.4 is 5.32 Å². The van der Waals surface area contributed by atoms with Gasteiger partial charge in [0.25, 0.3) is 13.5 Å². The molecule has 1 aromatic rings. The van der Waals surface area contributed by atoms with E-state index in [1.54, 1.807) is 24.3 Å². The number of carbonyl (C=O) groups excluding carboxylic acids is 1. The lowest BCUT2D eigenvalue weighted by Crippen LogP contribution is -2.43. The Morgan fingerprint density at radius 1 is 1.15 bits per heavy atom. The number of rotatable bonds is 7. The molecule has 0 radical (unpaired) electrons. The van der Waals surface area contributed by atoms with Crippen LogP contribution in [0.15, 0.2) is 42.2 Å². The highest BCUT2D eigenvalue weighted by Gasteiger charge is 2.33. The molecule has 1 atom stereocenters. The Labute approximate surface area is 186 Å². The van der Waals surface area contributed by atoms with Gasteiger partial charge in [-0.2, -0.15) is 0 Å². The molecule has 0 aliphatic heterocycles. The Hall–Kier alpha value is -0.430. The van der Waals surface area contributed by atoms with Crippen molar-refractivity contribution in [3.63, 3.8) is 0 Å². The summed E-state index contributed by atoms with van der Waals surface area (Å²) in [7, 11) is 0. The van der Waals surface area contributed by atoms with Crippen molar-refractivity contribution < 1.29 is 13.9 Å². The van der Waals surface area contributed by atoms with Crippen molar-refractivity contribution in [3.05, 3.63) is 47.8 Å². The van der Waals surface area contributed by atoms with Crippen LogP contribution in [-0.4, -0.2) is 32.0 Å². The van der Waals surface area contributed by atoms with Crippen LogP contribution in [0.3, 0.4) is 0 Å². The molecule has 11 heteroatoms. The first kappa shape index (κ1) is 24.6. The highest BCUT2D eigenvalue weighted by atomic mass is 35.6. The fraction of sp³-hybridized carbons (Fsp3) is 0.375. The molecule has 1 amide bonds. The van der Waals surface area contributed by atoms with E-state index in [2.05, 4.69) is 5.32 Å². The molecular formula is C16H15Cl6FN2O2. The van der Waals surface area contributed by atoms with Crippen molar-refractivity contribution in [3.8, 4) is 0 Å². The molecule has 0 saturated carbocycles. The van der Waals surface area contributed by atoms with Crippen LogP contribution in [0.4, 0.5) is 4.39 Å². The minimum atomic E-state index is -2.22. The van der Waals surface area contributed by atoms with E-state index in [1.807, 2.05) is 6.07 Å². The summed E-state index contributed by atoms with van der Waals surface area (Å²) in [5.74, 6) is -2.19. The van der Waals surface area contributed by atoms with E-state index in [-0.39, 0.29) is 19.4 Å². The summed E-state index contributed by atoms with van der Waals surface area (Å²) in [6.45, 7) is -0.101. The summed E-state index contributed by atoms with van der Waals surface area (Å²) < 4.78 is 15.3. The summed E-state index contributed by atoms with van der Waals surface area (Å²) in [6, 6.07) is 7.85. The molecule has 1 aromatic carbocycles. The van der Waals surface area contributed by atoms with Gasteiger partial charge in [-0.15, -0.1) is 0 Å². The molecule has 1 rings (SSSR count). The van der Waals surface area contributed by atoms with Gasteiger partial charge >= 0.3 is 0 Å². The summed E-state index contributed by atoms with van der Waals surface area (Å²) in [5, 5.41) is 9.74. The van der Waals surface area contributed by atoms with Crippen molar-refractivity contribution in [1.29, 1.82) is 5.41 Å². The zero-order valence-corrected chi connectivity index (χ0v) is 18.2. The Morgan fingerprint density at radius 3 is 2.26 bits per heavy atom. The quantitative estimate of drug-likeness (QED) is 0.219. The molecule has 0 bridgehead atoms. The van der Waals surface area contributed by atoms with Crippen LogP contribution in [0.2, 0.25) is 0 Å². The molecule has 150 valence electrons. The normalized spacial score (nSPS) is 13.8. The van der Waals surface area contributed by atoms with Crippen molar-refractivity contribution in [1.82, 2.24) is 5.32 Å². The molecule has 0 spiro atoms. The van der Waals surface area contributed by atoms with Gasteiger partial charge < -0.3 is 10.1 Å². The van der Waals surface area contributed by atoms with Gasteiger partial charge in [0.05, 0.1) is 12.6 Å². The maximum Gasteiger partial charge on any atom is 0.272 e. The summed E-state index contributed by atoms with van der Waals surface area (Å²) >= 11 is 33.0. The smallest absolute Gasteiger partial charge is 0.272 e. The SMILES string of the molecule is N=C(OCC/C=C(\F)C(Cc1ccccc1)NC(=O)C(Cl)(Cl)Cl)C(Cl)(Cl)Cl. The van der Waals surface area contributed by atoms with Gasteiger partial charge in [-0.3, -0.25) is 10.2 Å². The highest BCUT2D eigenvalue weighted by molar-refractivity contribution is 6.76. The van der Waals surface area contributed by atoms with Crippen molar-refractivity contribution in [2.75, 3.05) is 6.61 Å². The second-order valence-corrected chi connectivity index (χ2v) is 9.83. The number of halogens is 7. The Kier molecular flexibility index (Phi) is 9.97. The average Bonchev–Trinajstić information content (AvgIpc) is 2.56. The lowest BCUT2D eigenvalue weighted by molar-refractivity contribution is -0.120. The van der Waals surface area contributed by atoms with Gasteiger partial charge in [-0.25, -0.2) is 4.39 Å². The largest absolute Gasteiger partial charge is 0.478 e. The van der Waals surface area contributed by atoms with E-state index in [1.165, 1.54) is 6.08 Å². The number of ether oxygens (including phenoxy) is 1. The molecule has 2 N–H and O–H groups in total. The lowest BCUT2D eigenvalue weighted by atomic mass is 10.0. The topological polar surface area (TPSA) is 62.2 Å². The third-order valence-electron chi connectivity index (χ3n) is 3.14. The monoisotopic (exact) mass is 496 g/mol. The summed E-state index contributed by atoms with van der Waals surface area (Å²) in [4.78, 5) is 11.9. The Bertz CT molecular complexity index is 674. The average molecular weight is 499 g/mol. The van der Waals surface area contributed by atoms with Crippen LogP contribution in [-0.2, 0) is 16.0 Å². The zero-order valence-electron chi connectivity index (χ0n) is 13.6. The minimum absolute atomic E-state index is 0.0594. The maximum absolute atomic E-state index is 14.6. The van der Waals surface area contributed by atoms with E-state index >= 15 is 0 Å². The third-order valence-corrected chi connectivity index (χ3v) is 4.17. The number of alkyl halides is 6. The predicted octanol–water partition coefficient (Wildman–Crippen LogP) is 5.69. The van der Waals surface area contributed by atoms with Crippen molar-refractivity contribution >= 4 is 81.4 Å². The van der Waals surface area contributed by atoms with Crippen molar-refractivity contribution in [2.45, 2.75) is 26.5 Å².